The molecule has 0 radical (unpaired) electrons. The van der Waals surface area contributed by atoms with Gasteiger partial charge in [-0.15, -0.1) is 0 Å². The molecule has 2 aromatic carbocycles. The number of carboxylic acids is 1. The smallest absolute Gasteiger partial charge is 0.335 e. The highest BCUT2D eigenvalue weighted by molar-refractivity contribution is 5.97. The summed E-state index contributed by atoms with van der Waals surface area (Å²) in [6.45, 7) is 7.35. The molecule has 33 heavy (non-hydrogen) atoms. The first-order valence-corrected chi connectivity index (χ1v) is 10.4. The molecule has 0 aliphatic carbocycles. The predicted molar refractivity (Wildman–Crippen MR) is 128 cm³/mol. The monoisotopic (exact) mass is 447 g/mol. The Morgan fingerprint density at radius 3 is 2.30 bits per heavy atom. The lowest BCUT2D eigenvalue weighted by atomic mass is 10.1. The molecule has 0 aromatic heterocycles. The highest BCUT2D eigenvalue weighted by Crippen LogP contribution is 2.31. The van der Waals surface area contributed by atoms with E-state index in [9.17, 15) is 14.7 Å². The van der Waals surface area contributed by atoms with Crippen LogP contribution < -0.4 is 4.74 Å². The number of Topliss-reactive ketones (excluding diaryl/α,β-unsaturated/α-hetero) is 1. The molecule has 0 aliphatic heterocycles. The summed E-state index contributed by atoms with van der Waals surface area (Å²) in [4.78, 5) is 21.8. The van der Waals surface area contributed by atoms with Crippen molar-refractivity contribution in [2.45, 2.75) is 40.7 Å². The van der Waals surface area contributed by atoms with Gasteiger partial charge in [-0.05, 0) is 51.0 Å². The second kappa shape index (κ2) is 14.0. The number of hydrogen-bond donors (Lipinski definition) is 2. The van der Waals surface area contributed by atoms with Gasteiger partial charge in [-0.2, -0.15) is 5.26 Å². The van der Waals surface area contributed by atoms with E-state index in [1.165, 1.54) is 19.1 Å². The number of carboxylic acid groups (broad SMARTS) is 1. The number of ketones is 1. The van der Waals surface area contributed by atoms with Crippen molar-refractivity contribution in [2.75, 3.05) is 0 Å². The SMILES string of the molecule is CC(=O)c1ccc(OCc2ccc(C)cc2)c(C#N)c1O.C\C=C(/C=C\C=C\CC)C(=O)O. The predicted octanol–water partition coefficient (Wildman–Crippen LogP) is 5.89. The number of phenolic OH excluding ortho intramolecular Hbond substituents is 1. The fraction of sp³-hybridized carbons (Fsp3) is 0.222. The normalized spacial score (nSPS) is 11.1. The number of hydrogen-bond acceptors (Lipinski definition) is 5. The Bertz CT molecular complexity index is 1090. The molecule has 0 saturated carbocycles. The van der Waals surface area contributed by atoms with Gasteiger partial charge < -0.3 is 14.9 Å². The molecule has 0 atom stereocenters. The molecule has 0 amide bonds. The van der Waals surface area contributed by atoms with Crippen molar-refractivity contribution in [2.24, 2.45) is 0 Å². The highest BCUT2D eigenvalue weighted by atomic mass is 16.5. The van der Waals surface area contributed by atoms with Crippen LogP contribution in [0.15, 0.2) is 72.4 Å². The van der Waals surface area contributed by atoms with Gasteiger partial charge in [0.2, 0.25) is 0 Å². The van der Waals surface area contributed by atoms with Crippen LogP contribution in [0.25, 0.3) is 0 Å². The number of allylic oxidation sites excluding steroid dienone is 4. The number of carbonyl (C=O) groups excluding carboxylic acids is 1. The molecule has 6 heteroatoms. The maximum Gasteiger partial charge on any atom is 0.335 e. The number of nitriles is 1. The van der Waals surface area contributed by atoms with Gasteiger partial charge in [-0.1, -0.05) is 61.1 Å². The first-order chi connectivity index (χ1) is 15.7. The van der Waals surface area contributed by atoms with Crippen molar-refractivity contribution in [3.8, 4) is 17.6 Å². The molecule has 2 aromatic rings. The van der Waals surface area contributed by atoms with E-state index in [4.69, 9.17) is 15.1 Å². The summed E-state index contributed by atoms with van der Waals surface area (Å²) in [5.41, 5.74) is 2.53. The van der Waals surface area contributed by atoms with Gasteiger partial charge in [0, 0.05) is 0 Å². The number of aliphatic carboxylic acids is 1. The molecular weight excluding hydrogens is 418 g/mol. The first-order valence-electron chi connectivity index (χ1n) is 10.4. The van der Waals surface area contributed by atoms with E-state index in [1.807, 2.05) is 56.3 Å². The molecule has 0 unspecified atom stereocenters. The molecule has 0 fully saturated rings. The lowest BCUT2D eigenvalue weighted by Gasteiger charge is -2.11. The van der Waals surface area contributed by atoms with Gasteiger partial charge in [-0.25, -0.2) is 4.79 Å². The van der Waals surface area contributed by atoms with Crippen molar-refractivity contribution < 1.29 is 24.5 Å². The van der Waals surface area contributed by atoms with Crippen molar-refractivity contribution in [3.63, 3.8) is 0 Å². The molecule has 0 aliphatic rings. The summed E-state index contributed by atoms with van der Waals surface area (Å²) in [7, 11) is 0. The van der Waals surface area contributed by atoms with Crippen LogP contribution in [0.1, 0.15) is 54.2 Å². The third-order valence-electron chi connectivity index (χ3n) is 4.46. The summed E-state index contributed by atoms with van der Waals surface area (Å²) in [6, 6.07) is 12.7. The minimum absolute atomic E-state index is 0.0187. The summed E-state index contributed by atoms with van der Waals surface area (Å²) in [6.07, 6.45) is 9.64. The van der Waals surface area contributed by atoms with Gasteiger partial charge in [-0.3, -0.25) is 4.79 Å². The Labute approximate surface area is 194 Å². The van der Waals surface area contributed by atoms with Gasteiger partial charge in [0.25, 0.3) is 0 Å². The Morgan fingerprint density at radius 1 is 1.12 bits per heavy atom. The number of phenols is 1. The molecule has 2 rings (SSSR count). The fourth-order valence-electron chi connectivity index (χ4n) is 2.60. The number of aromatic hydroxyl groups is 1. The van der Waals surface area contributed by atoms with Crippen LogP contribution >= 0.6 is 0 Å². The fourth-order valence-corrected chi connectivity index (χ4v) is 2.60. The van der Waals surface area contributed by atoms with Crippen LogP contribution in [0.2, 0.25) is 0 Å². The first kappa shape index (κ1) is 26.9. The van der Waals surface area contributed by atoms with Crippen LogP contribution in [0, 0.1) is 18.3 Å². The second-order valence-electron chi connectivity index (χ2n) is 7.02. The van der Waals surface area contributed by atoms with Crippen molar-refractivity contribution in [1.29, 1.82) is 5.26 Å². The zero-order chi connectivity index (χ0) is 24.8. The highest BCUT2D eigenvalue weighted by Gasteiger charge is 2.16. The van der Waals surface area contributed by atoms with E-state index in [1.54, 1.807) is 25.2 Å². The average Bonchev–Trinajstić information content (AvgIpc) is 2.78. The molecule has 0 bridgehead atoms. The van der Waals surface area contributed by atoms with Crippen molar-refractivity contribution in [3.05, 3.63) is 94.6 Å². The lowest BCUT2D eigenvalue weighted by molar-refractivity contribution is -0.132. The standard InChI is InChI=1S/C17H15NO3.C10H14O2/c1-11-3-5-13(6-4-11)10-21-16-8-7-14(12(2)19)17(20)15(16)9-18;1-3-5-6-7-8-9(4-2)10(11)12/h3-8,20H,10H2,1-2H3;4-8H,3H2,1-2H3,(H,11,12)/b;6-5+,8-7-,9-4+. The minimum Gasteiger partial charge on any atom is -0.506 e. The Morgan fingerprint density at radius 2 is 1.79 bits per heavy atom. The van der Waals surface area contributed by atoms with Gasteiger partial charge >= 0.3 is 5.97 Å². The van der Waals surface area contributed by atoms with Crippen LogP contribution in [0.3, 0.4) is 0 Å². The van der Waals surface area contributed by atoms with E-state index in [-0.39, 0.29) is 35.0 Å². The maximum atomic E-state index is 11.3. The van der Waals surface area contributed by atoms with E-state index < -0.39 is 5.97 Å². The topological polar surface area (TPSA) is 108 Å². The van der Waals surface area contributed by atoms with Gasteiger partial charge in [0.15, 0.2) is 5.78 Å². The molecule has 0 saturated heterocycles. The number of ether oxygens (including phenoxy) is 1. The second-order valence-corrected chi connectivity index (χ2v) is 7.02. The number of aryl methyl sites for hydroxylation is 1. The average molecular weight is 448 g/mol. The zero-order valence-corrected chi connectivity index (χ0v) is 19.3. The van der Waals surface area contributed by atoms with Crippen LogP contribution in [-0.4, -0.2) is 22.0 Å². The zero-order valence-electron chi connectivity index (χ0n) is 19.3. The minimum atomic E-state index is -0.890. The van der Waals surface area contributed by atoms with Gasteiger partial charge in [0.1, 0.15) is 29.7 Å². The number of rotatable bonds is 8. The Hall–Kier alpha value is -4.11. The van der Waals surface area contributed by atoms with Crippen LogP contribution in [0.5, 0.6) is 11.5 Å². The summed E-state index contributed by atoms with van der Waals surface area (Å²) < 4.78 is 5.58. The third-order valence-corrected chi connectivity index (χ3v) is 4.46. The van der Waals surface area contributed by atoms with E-state index in [0.29, 0.717) is 5.57 Å². The Balaban J connectivity index is 0.000000389. The number of benzene rings is 2. The van der Waals surface area contributed by atoms with E-state index in [0.717, 1.165) is 17.5 Å². The molecule has 0 heterocycles. The number of nitrogens with zero attached hydrogens (tertiary/aromatic N) is 1. The van der Waals surface area contributed by atoms with Crippen LogP contribution in [0.4, 0.5) is 0 Å². The quantitative estimate of drug-likeness (QED) is 0.297. The molecule has 0 spiro atoms. The summed E-state index contributed by atoms with van der Waals surface area (Å²) >= 11 is 0. The summed E-state index contributed by atoms with van der Waals surface area (Å²) in [5.74, 6) is -1.25. The van der Waals surface area contributed by atoms with Gasteiger partial charge in [0.05, 0.1) is 11.1 Å². The van der Waals surface area contributed by atoms with Crippen molar-refractivity contribution >= 4 is 11.8 Å². The largest absolute Gasteiger partial charge is 0.506 e. The molecule has 172 valence electrons. The molecule has 6 nitrogen and oxygen atoms in total. The summed E-state index contributed by atoms with van der Waals surface area (Å²) in [5, 5.41) is 27.7. The molecular formula is C27H29NO5. The lowest BCUT2D eigenvalue weighted by Crippen LogP contribution is -2.00. The third kappa shape index (κ3) is 8.88. The van der Waals surface area contributed by atoms with E-state index in [2.05, 4.69) is 0 Å². The van der Waals surface area contributed by atoms with Crippen LogP contribution in [-0.2, 0) is 11.4 Å². The number of carbonyl (C=O) groups is 2. The molecule has 2 N–H and O–H groups in total. The Kier molecular flexibility index (Phi) is 11.5. The maximum absolute atomic E-state index is 11.3. The van der Waals surface area contributed by atoms with E-state index >= 15 is 0 Å². The van der Waals surface area contributed by atoms with Crippen molar-refractivity contribution in [1.82, 2.24) is 0 Å².